The molecule has 96 valence electrons. The maximum atomic E-state index is 5.52. The van der Waals surface area contributed by atoms with E-state index in [2.05, 4.69) is 24.5 Å². The first-order valence-corrected chi connectivity index (χ1v) is 6.87. The van der Waals surface area contributed by atoms with Gasteiger partial charge in [-0.25, -0.2) is 0 Å². The number of hydrogen-bond donors (Lipinski definition) is 2. The van der Waals surface area contributed by atoms with Gasteiger partial charge in [0.25, 0.3) is 0 Å². The first-order chi connectivity index (χ1) is 7.83. The van der Waals surface area contributed by atoms with Crippen LogP contribution in [0.4, 0.5) is 0 Å². The number of ether oxygens (including phenoxy) is 1. The summed E-state index contributed by atoms with van der Waals surface area (Å²) in [5.74, 6) is 0. The third kappa shape index (κ3) is 6.46. The Labute approximate surface area is 100 Å². The highest BCUT2D eigenvalue weighted by Gasteiger charge is 2.16. The average Bonchev–Trinajstić information content (AvgIpc) is 2.76. The molecule has 2 atom stereocenters. The van der Waals surface area contributed by atoms with Crippen molar-refractivity contribution in [2.24, 2.45) is 0 Å². The van der Waals surface area contributed by atoms with E-state index < -0.39 is 0 Å². The van der Waals surface area contributed by atoms with E-state index in [1.807, 2.05) is 0 Å². The van der Waals surface area contributed by atoms with Crippen molar-refractivity contribution in [3.05, 3.63) is 0 Å². The highest BCUT2D eigenvalue weighted by atomic mass is 16.5. The van der Waals surface area contributed by atoms with Crippen LogP contribution in [0.1, 0.15) is 46.0 Å². The Morgan fingerprint density at radius 3 is 3.00 bits per heavy atom. The van der Waals surface area contributed by atoms with Crippen molar-refractivity contribution < 1.29 is 4.74 Å². The molecule has 1 saturated heterocycles. The second kappa shape index (κ2) is 8.97. The van der Waals surface area contributed by atoms with Crippen LogP contribution in [-0.2, 0) is 4.74 Å². The molecule has 1 rings (SSSR count). The van der Waals surface area contributed by atoms with Crippen LogP contribution < -0.4 is 10.6 Å². The lowest BCUT2D eigenvalue weighted by Gasteiger charge is -2.18. The Kier molecular flexibility index (Phi) is 7.81. The van der Waals surface area contributed by atoms with Crippen LogP contribution >= 0.6 is 0 Å². The monoisotopic (exact) mass is 228 g/mol. The van der Waals surface area contributed by atoms with Gasteiger partial charge in [0, 0.05) is 25.2 Å². The van der Waals surface area contributed by atoms with Crippen LogP contribution in [0.15, 0.2) is 0 Å². The van der Waals surface area contributed by atoms with E-state index in [1.165, 1.54) is 38.6 Å². The molecule has 0 radical (unpaired) electrons. The van der Waals surface area contributed by atoms with Gasteiger partial charge >= 0.3 is 0 Å². The maximum absolute atomic E-state index is 5.52. The Bertz CT molecular complexity index is 158. The third-order valence-electron chi connectivity index (χ3n) is 3.18. The second-order valence-corrected chi connectivity index (χ2v) is 4.85. The standard InChI is InChI=1S/C13H28N2O/c1-3-4-9-16-10-8-14-12(2)11-13-6-5-7-15-13/h12-15H,3-11H2,1-2H3. The van der Waals surface area contributed by atoms with Crippen LogP contribution in [0.25, 0.3) is 0 Å². The molecule has 16 heavy (non-hydrogen) atoms. The van der Waals surface area contributed by atoms with Gasteiger partial charge in [0.2, 0.25) is 0 Å². The van der Waals surface area contributed by atoms with Crippen molar-refractivity contribution in [2.45, 2.75) is 58.0 Å². The molecule has 0 spiro atoms. The topological polar surface area (TPSA) is 33.3 Å². The fraction of sp³-hybridized carbons (Fsp3) is 1.00. The Morgan fingerprint density at radius 1 is 1.44 bits per heavy atom. The van der Waals surface area contributed by atoms with Gasteiger partial charge in [-0.1, -0.05) is 13.3 Å². The van der Waals surface area contributed by atoms with Crippen LogP contribution in [-0.4, -0.2) is 38.4 Å². The summed E-state index contributed by atoms with van der Waals surface area (Å²) in [7, 11) is 0. The van der Waals surface area contributed by atoms with Crippen molar-refractivity contribution in [1.82, 2.24) is 10.6 Å². The number of unbranched alkanes of at least 4 members (excludes halogenated alkanes) is 1. The molecule has 1 fully saturated rings. The first kappa shape index (κ1) is 13.9. The van der Waals surface area contributed by atoms with Crippen molar-refractivity contribution in [3.63, 3.8) is 0 Å². The molecule has 0 aliphatic carbocycles. The van der Waals surface area contributed by atoms with E-state index in [0.29, 0.717) is 6.04 Å². The molecule has 0 aromatic rings. The van der Waals surface area contributed by atoms with Gasteiger partial charge in [-0.2, -0.15) is 0 Å². The number of hydrogen-bond acceptors (Lipinski definition) is 3. The first-order valence-electron chi connectivity index (χ1n) is 6.87. The lowest BCUT2D eigenvalue weighted by molar-refractivity contribution is 0.130. The minimum atomic E-state index is 0.602. The average molecular weight is 228 g/mol. The molecule has 0 amide bonds. The summed E-state index contributed by atoms with van der Waals surface area (Å²) < 4.78 is 5.52. The van der Waals surface area contributed by atoms with Gasteiger partial charge in [-0.05, 0) is 39.2 Å². The van der Waals surface area contributed by atoms with Crippen LogP contribution in [0.2, 0.25) is 0 Å². The molecular weight excluding hydrogens is 200 g/mol. The summed E-state index contributed by atoms with van der Waals surface area (Å²) in [6.45, 7) is 8.42. The smallest absolute Gasteiger partial charge is 0.0590 e. The molecule has 1 heterocycles. The Balaban J connectivity index is 1.87. The summed E-state index contributed by atoms with van der Waals surface area (Å²) in [6.07, 6.45) is 6.34. The summed E-state index contributed by atoms with van der Waals surface area (Å²) in [5.41, 5.74) is 0. The lowest BCUT2D eigenvalue weighted by atomic mass is 10.1. The molecule has 0 aromatic carbocycles. The predicted octanol–water partition coefficient (Wildman–Crippen LogP) is 1.92. The van der Waals surface area contributed by atoms with Crippen LogP contribution in [0, 0.1) is 0 Å². The summed E-state index contributed by atoms with van der Waals surface area (Å²) in [4.78, 5) is 0. The van der Waals surface area contributed by atoms with Crippen molar-refractivity contribution in [3.8, 4) is 0 Å². The lowest BCUT2D eigenvalue weighted by Crippen LogP contribution is -2.35. The largest absolute Gasteiger partial charge is 0.380 e. The molecule has 0 bridgehead atoms. The van der Waals surface area contributed by atoms with Crippen molar-refractivity contribution in [1.29, 1.82) is 0 Å². The fourth-order valence-corrected chi connectivity index (χ4v) is 2.19. The van der Waals surface area contributed by atoms with E-state index in [9.17, 15) is 0 Å². The predicted molar refractivity (Wildman–Crippen MR) is 68.8 cm³/mol. The summed E-state index contributed by atoms with van der Waals surface area (Å²) in [5, 5.41) is 7.06. The van der Waals surface area contributed by atoms with Crippen LogP contribution in [0.3, 0.4) is 0 Å². The quantitative estimate of drug-likeness (QED) is 0.592. The molecule has 2 unspecified atom stereocenters. The molecule has 2 N–H and O–H groups in total. The second-order valence-electron chi connectivity index (χ2n) is 4.85. The van der Waals surface area contributed by atoms with Gasteiger partial charge in [0.1, 0.15) is 0 Å². The third-order valence-corrected chi connectivity index (χ3v) is 3.18. The maximum Gasteiger partial charge on any atom is 0.0590 e. The minimum absolute atomic E-state index is 0.602. The van der Waals surface area contributed by atoms with Crippen molar-refractivity contribution >= 4 is 0 Å². The van der Waals surface area contributed by atoms with E-state index in [4.69, 9.17) is 4.74 Å². The summed E-state index contributed by atoms with van der Waals surface area (Å²) in [6, 6.07) is 1.34. The Morgan fingerprint density at radius 2 is 2.31 bits per heavy atom. The van der Waals surface area contributed by atoms with E-state index in [1.54, 1.807) is 0 Å². The normalized spacial score (nSPS) is 22.5. The SMILES string of the molecule is CCCCOCCNC(C)CC1CCCN1. The highest BCUT2D eigenvalue weighted by molar-refractivity contribution is 4.78. The summed E-state index contributed by atoms with van der Waals surface area (Å²) >= 11 is 0. The van der Waals surface area contributed by atoms with Gasteiger partial charge in [0.05, 0.1) is 6.61 Å². The molecular formula is C13H28N2O. The zero-order valence-corrected chi connectivity index (χ0v) is 10.9. The van der Waals surface area contributed by atoms with Gasteiger partial charge in [-0.15, -0.1) is 0 Å². The molecule has 1 aliphatic rings. The van der Waals surface area contributed by atoms with E-state index >= 15 is 0 Å². The molecule has 3 heteroatoms. The Hall–Kier alpha value is -0.120. The fourth-order valence-electron chi connectivity index (χ4n) is 2.19. The molecule has 0 saturated carbocycles. The van der Waals surface area contributed by atoms with Gasteiger partial charge in [0.15, 0.2) is 0 Å². The zero-order chi connectivity index (χ0) is 11.6. The molecule has 1 aliphatic heterocycles. The van der Waals surface area contributed by atoms with E-state index in [-0.39, 0.29) is 0 Å². The zero-order valence-electron chi connectivity index (χ0n) is 10.9. The van der Waals surface area contributed by atoms with Crippen molar-refractivity contribution in [2.75, 3.05) is 26.3 Å². The van der Waals surface area contributed by atoms with Gasteiger partial charge < -0.3 is 15.4 Å². The number of nitrogens with one attached hydrogen (secondary N) is 2. The number of rotatable bonds is 9. The highest BCUT2D eigenvalue weighted by Crippen LogP contribution is 2.10. The van der Waals surface area contributed by atoms with Crippen LogP contribution in [0.5, 0.6) is 0 Å². The van der Waals surface area contributed by atoms with Gasteiger partial charge in [-0.3, -0.25) is 0 Å². The molecule has 3 nitrogen and oxygen atoms in total. The van der Waals surface area contributed by atoms with E-state index in [0.717, 1.165) is 25.8 Å². The minimum Gasteiger partial charge on any atom is -0.380 e. The molecule has 0 aromatic heterocycles.